The first kappa shape index (κ1) is 19.9. The third kappa shape index (κ3) is 2.72. The van der Waals surface area contributed by atoms with E-state index in [-0.39, 0.29) is 5.56 Å². The van der Waals surface area contributed by atoms with Crippen LogP contribution in [0.1, 0.15) is 43.5 Å². The fourth-order valence-electron chi connectivity index (χ4n) is 5.03. The van der Waals surface area contributed by atoms with E-state index < -0.39 is 35.7 Å². The lowest BCUT2D eigenvalue weighted by atomic mass is 9.65. The van der Waals surface area contributed by atoms with Gasteiger partial charge in [-0.15, -0.1) is 0 Å². The zero-order valence-electron chi connectivity index (χ0n) is 17.4. The number of H-pyrrole nitrogens is 1. The van der Waals surface area contributed by atoms with Crippen LogP contribution >= 0.6 is 0 Å². The highest BCUT2D eigenvalue weighted by Crippen LogP contribution is 2.51. The van der Waals surface area contributed by atoms with E-state index in [0.717, 1.165) is 16.9 Å². The molecule has 4 rings (SSSR count). The number of benzene rings is 1. The fraction of sp³-hybridized carbons (Fsp3) is 0.500. The molecule has 1 aromatic heterocycles. The quantitative estimate of drug-likeness (QED) is 0.626. The first-order valence-corrected chi connectivity index (χ1v) is 9.98. The number of allylic oxidation sites excluding steroid dienone is 1. The van der Waals surface area contributed by atoms with E-state index in [1.54, 1.807) is 20.9 Å². The van der Waals surface area contributed by atoms with Crippen molar-refractivity contribution in [1.29, 1.82) is 0 Å². The molecule has 2 aliphatic rings. The van der Waals surface area contributed by atoms with E-state index in [2.05, 4.69) is 18.9 Å². The molecule has 0 saturated heterocycles. The molecule has 0 spiro atoms. The molecule has 29 heavy (non-hydrogen) atoms. The number of hydrogen-bond donors (Lipinski definition) is 4. The summed E-state index contributed by atoms with van der Waals surface area (Å²) in [6.45, 7) is 7.62. The molecule has 1 aliphatic carbocycles. The number of aryl methyl sites for hydroxylation is 2. The van der Waals surface area contributed by atoms with Gasteiger partial charge in [0.05, 0.1) is 12.2 Å². The maximum Gasteiger partial charge on any atom is 0.270 e. The van der Waals surface area contributed by atoms with E-state index >= 15 is 0 Å². The number of aliphatic hydroxyl groups is 3. The van der Waals surface area contributed by atoms with Gasteiger partial charge in [-0.2, -0.15) is 0 Å². The van der Waals surface area contributed by atoms with E-state index in [4.69, 9.17) is 0 Å². The molecule has 1 aromatic carbocycles. The molecular weight excluding hydrogens is 370 g/mol. The predicted molar refractivity (Wildman–Crippen MR) is 111 cm³/mol. The molecule has 156 valence electrons. The van der Waals surface area contributed by atoms with Crippen molar-refractivity contribution in [2.45, 2.75) is 57.5 Å². The molecular formula is C22H29N3O4. The number of fused-ring (bicyclic) bond motifs is 1. The summed E-state index contributed by atoms with van der Waals surface area (Å²) in [5.41, 5.74) is 3.33. The fourth-order valence-corrected chi connectivity index (χ4v) is 5.03. The van der Waals surface area contributed by atoms with Crippen LogP contribution in [0.5, 0.6) is 0 Å². The van der Waals surface area contributed by atoms with Crippen molar-refractivity contribution in [3.8, 4) is 0 Å². The van der Waals surface area contributed by atoms with Gasteiger partial charge in [-0.1, -0.05) is 38.1 Å². The van der Waals surface area contributed by atoms with Gasteiger partial charge < -0.3 is 20.2 Å². The normalized spacial score (nSPS) is 30.3. The molecule has 7 heteroatoms. The van der Waals surface area contributed by atoms with Gasteiger partial charge in [-0.3, -0.25) is 14.6 Å². The molecule has 0 bridgehead atoms. The van der Waals surface area contributed by atoms with Crippen LogP contribution in [0.2, 0.25) is 0 Å². The number of nitrogens with one attached hydrogen (secondary N) is 1. The van der Waals surface area contributed by atoms with Crippen LogP contribution in [-0.4, -0.2) is 43.5 Å². The molecule has 3 unspecified atom stereocenters. The number of anilines is 1. The van der Waals surface area contributed by atoms with Gasteiger partial charge in [0, 0.05) is 46.9 Å². The minimum Gasteiger partial charge on any atom is -0.392 e. The lowest BCUT2D eigenvalue weighted by Crippen LogP contribution is -2.54. The molecule has 0 radical (unpaired) electrons. The Morgan fingerprint density at radius 2 is 1.83 bits per heavy atom. The highest BCUT2D eigenvalue weighted by Gasteiger charge is 2.52. The van der Waals surface area contributed by atoms with E-state index in [1.807, 2.05) is 35.2 Å². The van der Waals surface area contributed by atoms with Crippen molar-refractivity contribution in [3.05, 3.63) is 63.2 Å². The summed E-state index contributed by atoms with van der Waals surface area (Å²) >= 11 is 0. The van der Waals surface area contributed by atoms with Gasteiger partial charge >= 0.3 is 0 Å². The highest BCUT2D eigenvalue weighted by molar-refractivity contribution is 5.70. The summed E-state index contributed by atoms with van der Waals surface area (Å²) in [4.78, 5) is 14.3. The van der Waals surface area contributed by atoms with E-state index in [0.29, 0.717) is 11.3 Å². The number of hydrogen-bond acceptors (Lipinski definition) is 5. The topological polar surface area (TPSA) is 102 Å². The number of rotatable bonds is 3. The van der Waals surface area contributed by atoms with Gasteiger partial charge in [0.1, 0.15) is 6.23 Å². The highest BCUT2D eigenvalue weighted by atomic mass is 16.3. The zero-order chi connectivity index (χ0) is 21.2. The van der Waals surface area contributed by atoms with Crippen LogP contribution in [-0.2, 0) is 12.5 Å². The molecule has 3 atom stereocenters. The van der Waals surface area contributed by atoms with E-state index in [9.17, 15) is 20.1 Å². The Balaban J connectivity index is 1.72. The lowest BCUT2D eigenvalue weighted by molar-refractivity contribution is -0.0953. The first-order chi connectivity index (χ1) is 13.6. The van der Waals surface area contributed by atoms with Gasteiger partial charge in [-0.05, 0) is 25.5 Å². The smallest absolute Gasteiger partial charge is 0.270 e. The second-order valence-corrected chi connectivity index (χ2v) is 8.79. The Labute approximate surface area is 169 Å². The van der Waals surface area contributed by atoms with Crippen LogP contribution in [0.15, 0.2) is 40.8 Å². The Morgan fingerprint density at radius 3 is 2.38 bits per heavy atom. The van der Waals surface area contributed by atoms with Gasteiger partial charge in [0.2, 0.25) is 0 Å². The molecule has 2 aromatic rings. The number of aromatic amines is 1. The van der Waals surface area contributed by atoms with Crippen molar-refractivity contribution >= 4 is 5.69 Å². The summed E-state index contributed by atoms with van der Waals surface area (Å²) in [6, 6.07) is 7.90. The summed E-state index contributed by atoms with van der Waals surface area (Å²) < 4.78 is 1.36. The van der Waals surface area contributed by atoms with Crippen molar-refractivity contribution in [2.75, 3.05) is 4.90 Å². The molecule has 7 nitrogen and oxygen atoms in total. The average Bonchev–Trinajstić information content (AvgIpc) is 3.04. The molecule has 1 fully saturated rings. The Bertz CT molecular complexity index is 1020. The van der Waals surface area contributed by atoms with Crippen LogP contribution in [0, 0.1) is 12.8 Å². The summed E-state index contributed by atoms with van der Waals surface area (Å²) in [7, 11) is 1.62. The van der Waals surface area contributed by atoms with Crippen molar-refractivity contribution in [2.24, 2.45) is 13.0 Å². The van der Waals surface area contributed by atoms with E-state index in [1.165, 1.54) is 4.68 Å². The van der Waals surface area contributed by atoms with Gasteiger partial charge in [0.15, 0.2) is 0 Å². The maximum atomic E-state index is 12.4. The third-order valence-corrected chi connectivity index (χ3v) is 6.59. The number of nitrogens with zero attached hydrogens (tertiary/aromatic N) is 2. The first-order valence-electron chi connectivity index (χ1n) is 9.98. The largest absolute Gasteiger partial charge is 0.392 e. The van der Waals surface area contributed by atoms with Crippen LogP contribution in [0.4, 0.5) is 5.69 Å². The SMILES string of the molecule is Cc1[nH]n(C)c(=O)c1C1C(O)C(/C=C2/N(C(C)O)c3ccccc3C2(C)C)C1O. The van der Waals surface area contributed by atoms with Crippen LogP contribution in [0.25, 0.3) is 0 Å². The minimum atomic E-state index is -0.880. The van der Waals surface area contributed by atoms with Gasteiger partial charge in [0.25, 0.3) is 5.56 Å². The monoisotopic (exact) mass is 399 g/mol. The molecule has 4 N–H and O–H groups in total. The summed E-state index contributed by atoms with van der Waals surface area (Å²) in [5, 5.41) is 35.1. The molecule has 0 amide bonds. The van der Waals surface area contributed by atoms with Gasteiger partial charge in [-0.25, -0.2) is 0 Å². The van der Waals surface area contributed by atoms with Crippen molar-refractivity contribution < 1.29 is 15.3 Å². The minimum absolute atomic E-state index is 0.226. The summed E-state index contributed by atoms with van der Waals surface area (Å²) in [6.07, 6.45) is -0.649. The van der Waals surface area contributed by atoms with Crippen molar-refractivity contribution in [1.82, 2.24) is 9.78 Å². The number of aromatic nitrogens is 2. The summed E-state index contributed by atoms with van der Waals surface area (Å²) in [5.74, 6) is -1.16. The van der Waals surface area contributed by atoms with Crippen LogP contribution in [0.3, 0.4) is 0 Å². The molecule has 1 saturated carbocycles. The molecule has 1 aliphatic heterocycles. The predicted octanol–water partition coefficient (Wildman–Crippen LogP) is 1.48. The zero-order valence-corrected chi connectivity index (χ0v) is 17.4. The standard InChI is InChI=1S/C22H29N3O4/c1-11-17(21(29)24(5)23-11)18-19(27)13(20(18)28)10-16-22(3,4)14-8-6-7-9-15(14)25(16)12(2)26/h6-10,12-13,18-20,23,26-28H,1-5H3/b16-10+. The van der Waals surface area contributed by atoms with Crippen molar-refractivity contribution in [3.63, 3.8) is 0 Å². The third-order valence-electron chi connectivity index (χ3n) is 6.59. The maximum absolute atomic E-state index is 12.4. The second-order valence-electron chi connectivity index (χ2n) is 8.79. The lowest BCUT2D eigenvalue weighted by Gasteiger charge is -2.46. The number of para-hydroxylation sites is 1. The Morgan fingerprint density at radius 1 is 1.21 bits per heavy atom. The second kappa shape index (κ2) is 6.58. The Kier molecular flexibility index (Phi) is 4.53. The molecule has 2 heterocycles. The Hall–Kier alpha value is -2.35. The number of aliphatic hydroxyl groups excluding tert-OH is 3. The van der Waals surface area contributed by atoms with Crippen LogP contribution < -0.4 is 10.5 Å². The average molecular weight is 399 g/mol.